The Kier molecular flexibility index (Phi) is 3.92. The molecule has 1 fully saturated rings. The quantitative estimate of drug-likeness (QED) is 0.665. The van der Waals surface area contributed by atoms with Crippen molar-refractivity contribution in [1.82, 2.24) is 0 Å². The van der Waals surface area contributed by atoms with Gasteiger partial charge in [-0.2, -0.15) is 0 Å². The maximum Gasteiger partial charge on any atom is 0.153 e. The Morgan fingerprint density at radius 1 is 1.43 bits per heavy atom. The van der Waals surface area contributed by atoms with E-state index in [0.717, 1.165) is 19.3 Å². The molecule has 0 saturated heterocycles. The van der Waals surface area contributed by atoms with Gasteiger partial charge >= 0.3 is 0 Å². The summed E-state index contributed by atoms with van der Waals surface area (Å²) in [6, 6.07) is 0. The van der Waals surface area contributed by atoms with Gasteiger partial charge in [0, 0.05) is 7.11 Å². The molecule has 1 saturated carbocycles. The Morgan fingerprint density at radius 3 is 2.50 bits per heavy atom. The van der Waals surface area contributed by atoms with Crippen molar-refractivity contribution in [3.63, 3.8) is 0 Å². The molecule has 0 bridgehead atoms. The number of nitrogens with two attached hydrogens (primary N) is 1. The van der Waals surface area contributed by atoms with E-state index in [4.69, 9.17) is 10.5 Å². The smallest absolute Gasteiger partial charge is 0.153 e. The van der Waals surface area contributed by atoms with Crippen LogP contribution < -0.4 is 5.73 Å². The number of rotatable bonds is 7. The zero-order valence-corrected chi connectivity index (χ0v) is 9.48. The molecule has 0 amide bonds. The van der Waals surface area contributed by atoms with Crippen molar-refractivity contribution in [2.45, 2.75) is 19.3 Å². The van der Waals surface area contributed by atoms with Gasteiger partial charge in [0.2, 0.25) is 0 Å². The molecule has 1 aliphatic rings. The van der Waals surface area contributed by atoms with Crippen molar-refractivity contribution < 1.29 is 13.2 Å². The van der Waals surface area contributed by atoms with Crippen molar-refractivity contribution >= 4 is 9.84 Å². The molecule has 0 heterocycles. The Labute approximate surface area is 85.7 Å². The largest absolute Gasteiger partial charge is 0.384 e. The monoisotopic (exact) mass is 221 g/mol. The lowest BCUT2D eigenvalue weighted by molar-refractivity contribution is 0.217. The van der Waals surface area contributed by atoms with E-state index in [1.54, 1.807) is 0 Å². The highest BCUT2D eigenvalue weighted by Crippen LogP contribution is 2.49. The van der Waals surface area contributed by atoms with Crippen LogP contribution in [0.25, 0.3) is 0 Å². The Balaban J connectivity index is 2.42. The first-order chi connectivity index (χ1) is 6.54. The molecule has 0 aliphatic heterocycles. The molecule has 0 spiro atoms. The lowest BCUT2D eigenvalue weighted by Gasteiger charge is -2.13. The van der Waals surface area contributed by atoms with Gasteiger partial charge in [-0.1, -0.05) is 0 Å². The second-order valence-corrected chi connectivity index (χ2v) is 6.31. The van der Waals surface area contributed by atoms with E-state index in [1.807, 2.05) is 0 Å². The van der Waals surface area contributed by atoms with Crippen LogP contribution in [-0.4, -0.2) is 40.2 Å². The van der Waals surface area contributed by atoms with Gasteiger partial charge in [0.15, 0.2) is 9.84 Å². The summed E-state index contributed by atoms with van der Waals surface area (Å²) in [7, 11) is -1.43. The van der Waals surface area contributed by atoms with Gasteiger partial charge in [-0.15, -0.1) is 0 Å². The van der Waals surface area contributed by atoms with E-state index in [1.165, 1.54) is 7.11 Å². The molecule has 84 valence electrons. The van der Waals surface area contributed by atoms with E-state index in [9.17, 15) is 8.42 Å². The van der Waals surface area contributed by atoms with E-state index < -0.39 is 9.84 Å². The highest BCUT2D eigenvalue weighted by atomic mass is 32.2. The molecule has 0 unspecified atom stereocenters. The normalized spacial score (nSPS) is 19.6. The number of hydrogen-bond donors (Lipinski definition) is 1. The minimum absolute atomic E-state index is 0.0152. The summed E-state index contributed by atoms with van der Waals surface area (Å²) in [4.78, 5) is 0. The van der Waals surface area contributed by atoms with Crippen LogP contribution in [0.1, 0.15) is 19.3 Å². The maximum absolute atomic E-state index is 11.6. The summed E-state index contributed by atoms with van der Waals surface area (Å²) >= 11 is 0. The summed E-state index contributed by atoms with van der Waals surface area (Å²) in [5.41, 5.74) is 5.47. The molecular formula is C9H19NO3S. The van der Waals surface area contributed by atoms with E-state index >= 15 is 0 Å². The SMILES string of the molecule is COCCS(=O)(=O)CC1(CCN)CC1. The molecule has 1 aliphatic carbocycles. The average molecular weight is 221 g/mol. The minimum Gasteiger partial charge on any atom is -0.384 e. The molecule has 0 aromatic carbocycles. The van der Waals surface area contributed by atoms with Crippen LogP contribution in [0.4, 0.5) is 0 Å². The van der Waals surface area contributed by atoms with Crippen molar-refractivity contribution in [3.05, 3.63) is 0 Å². The molecule has 0 atom stereocenters. The number of methoxy groups -OCH3 is 1. The summed E-state index contributed by atoms with van der Waals surface area (Å²) in [6.07, 6.45) is 2.85. The number of hydrogen-bond acceptors (Lipinski definition) is 4. The van der Waals surface area contributed by atoms with Crippen LogP contribution in [0.5, 0.6) is 0 Å². The highest BCUT2D eigenvalue weighted by molar-refractivity contribution is 7.91. The topological polar surface area (TPSA) is 69.4 Å². The standard InChI is InChI=1S/C9H19NO3S/c1-13-6-7-14(11,12)8-9(2-3-9)4-5-10/h2-8,10H2,1H3. The Morgan fingerprint density at radius 2 is 2.07 bits per heavy atom. The van der Waals surface area contributed by atoms with Crippen molar-refractivity contribution in [1.29, 1.82) is 0 Å². The molecule has 5 heteroatoms. The van der Waals surface area contributed by atoms with E-state index in [0.29, 0.717) is 18.9 Å². The molecule has 0 radical (unpaired) electrons. The predicted octanol–water partition coefficient (Wildman–Crippen LogP) is 0.177. The zero-order valence-electron chi connectivity index (χ0n) is 8.66. The Hall–Kier alpha value is -0.130. The summed E-state index contributed by atoms with van der Waals surface area (Å²) in [5, 5.41) is 0. The van der Waals surface area contributed by atoms with Crippen LogP contribution in [-0.2, 0) is 14.6 Å². The molecule has 0 aromatic heterocycles. The number of sulfone groups is 1. The first kappa shape index (κ1) is 11.9. The van der Waals surface area contributed by atoms with Crippen LogP contribution in [0.3, 0.4) is 0 Å². The van der Waals surface area contributed by atoms with Crippen molar-refractivity contribution in [3.8, 4) is 0 Å². The van der Waals surface area contributed by atoms with Crippen LogP contribution in [0.15, 0.2) is 0 Å². The molecule has 0 aromatic rings. The third kappa shape index (κ3) is 3.55. The van der Waals surface area contributed by atoms with Gasteiger partial charge < -0.3 is 10.5 Å². The summed E-state index contributed by atoms with van der Waals surface area (Å²) in [5.74, 6) is 0.427. The van der Waals surface area contributed by atoms with Gasteiger partial charge in [-0.3, -0.25) is 0 Å². The van der Waals surface area contributed by atoms with Crippen LogP contribution in [0.2, 0.25) is 0 Å². The van der Waals surface area contributed by atoms with Gasteiger partial charge in [0.1, 0.15) is 0 Å². The van der Waals surface area contributed by atoms with Gasteiger partial charge in [-0.25, -0.2) is 8.42 Å². The highest BCUT2D eigenvalue weighted by Gasteiger charge is 2.44. The Bertz CT molecular complexity index is 270. The average Bonchev–Trinajstić information content (AvgIpc) is 2.81. The second-order valence-electron chi connectivity index (χ2n) is 4.12. The molecule has 4 nitrogen and oxygen atoms in total. The van der Waals surface area contributed by atoms with Crippen LogP contribution in [0, 0.1) is 5.41 Å². The summed E-state index contributed by atoms with van der Waals surface area (Å²) in [6.45, 7) is 0.876. The van der Waals surface area contributed by atoms with Gasteiger partial charge in [0.05, 0.1) is 18.1 Å². The summed E-state index contributed by atoms with van der Waals surface area (Å²) < 4.78 is 28.0. The van der Waals surface area contributed by atoms with E-state index in [-0.39, 0.29) is 11.2 Å². The third-order valence-electron chi connectivity index (χ3n) is 2.76. The third-order valence-corrected chi connectivity index (χ3v) is 4.60. The second kappa shape index (κ2) is 4.59. The van der Waals surface area contributed by atoms with E-state index in [2.05, 4.69) is 0 Å². The fourth-order valence-electron chi connectivity index (χ4n) is 1.70. The number of ether oxygens (including phenoxy) is 1. The fraction of sp³-hybridized carbons (Fsp3) is 1.00. The first-order valence-corrected chi connectivity index (χ1v) is 6.75. The first-order valence-electron chi connectivity index (χ1n) is 4.93. The molecule has 14 heavy (non-hydrogen) atoms. The molecular weight excluding hydrogens is 202 g/mol. The zero-order chi connectivity index (χ0) is 10.7. The minimum atomic E-state index is -2.94. The maximum atomic E-state index is 11.6. The fourth-order valence-corrected chi connectivity index (χ4v) is 3.63. The van der Waals surface area contributed by atoms with Gasteiger partial charge in [-0.05, 0) is 31.2 Å². The lowest BCUT2D eigenvalue weighted by Crippen LogP contribution is -2.24. The predicted molar refractivity (Wildman–Crippen MR) is 55.9 cm³/mol. The molecule has 2 N–H and O–H groups in total. The van der Waals surface area contributed by atoms with Crippen molar-refractivity contribution in [2.24, 2.45) is 11.1 Å². The molecule has 1 rings (SSSR count). The van der Waals surface area contributed by atoms with Crippen molar-refractivity contribution in [2.75, 3.05) is 31.8 Å². The van der Waals surface area contributed by atoms with Gasteiger partial charge in [0.25, 0.3) is 0 Å². The van der Waals surface area contributed by atoms with Crippen LogP contribution >= 0.6 is 0 Å². The lowest BCUT2D eigenvalue weighted by atomic mass is 10.1.